The van der Waals surface area contributed by atoms with E-state index in [-0.39, 0.29) is 5.91 Å². The summed E-state index contributed by atoms with van der Waals surface area (Å²) >= 11 is 0. The molecule has 0 saturated heterocycles. The summed E-state index contributed by atoms with van der Waals surface area (Å²) in [7, 11) is 0. The van der Waals surface area contributed by atoms with Gasteiger partial charge in [0.15, 0.2) is 5.82 Å². The van der Waals surface area contributed by atoms with Crippen LogP contribution in [0.2, 0.25) is 0 Å². The van der Waals surface area contributed by atoms with E-state index < -0.39 is 0 Å². The summed E-state index contributed by atoms with van der Waals surface area (Å²) < 4.78 is 0. The van der Waals surface area contributed by atoms with Crippen LogP contribution in [0.5, 0.6) is 0 Å². The van der Waals surface area contributed by atoms with Gasteiger partial charge in [-0.2, -0.15) is 0 Å². The van der Waals surface area contributed by atoms with Gasteiger partial charge in [0, 0.05) is 0 Å². The lowest BCUT2D eigenvalue weighted by Gasteiger charge is -2.18. The number of carbonyl (C=O) groups excluding carboxylic acids is 1. The Morgan fingerprint density at radius 2 is 2.13 bits per heavy atom. The fourth-order valence-electron chi connectivity index (χ4n) is 1.32. The molecule has 5 nitrogen and oxygen atoms in total. The maximum atomic E-state index is 11.0. The average Bonchev–Trinajstić information content (AvgIpc) is 2.30. The number of hydrogen-bond donors (Lipinski definition) is 2. The molecule has 15 heavy (non-hydrogen) atoms. The van der Waals surface area contributed by atoms with Gasteiger partial charge < -0.3 is 10.6 Å². The minimum Gasteiger partial charge on any atom is -0.372 e. The maximum Gasteiger partial charge on any atom is 0.244 e. The van der Waals surface area contributed by atoms with Crippen molar-refractivity contribution < 1.29 is 4.79 Å². The lowest BCUT2D eigenvalue weighted by atomic mass is 10.2. The molecule has 2 N–H and O–H groups in total. The molecule has 1 aromatic heterocycles. The molecule has 5 heteroatoms. The number of anilines is 2. The van der Waals surface area contributed by atoms with E-state index in [2.05, 4.69) is 20.6 Å². The first-order chi connectivity index (χ1) is 7.31. The van der Waals surface area contributed by atoms with Gasteiger partial charge in [0.2, 0.25) is 5.91 Å². The fourth-order valence-corrected chi connectivity index (χ4v) is 1.32. The SMILES string of the molecule is CC.CCc1ncnc2c1NCC(=O)N2. The molecule has 0 radical (unpaired) electrons. The van der Waals surface area contributed by atoms with Crippen LogP contribution in [-0.2, 0) is 11.2 Å². The van der Waals surface area contributed by atoms with E-state index in [1.54, 1.807) is 0 Å². The molecule has 0 saturated carbocycles. The number of amides is 1. The Morgan fingerprint density at radius 3 is 2.80 bits per heavy atom. The number of aryl methyl sites for hydroxylation is 1. The van der Waals surface area contributed by atoms with Crippen LogP contribution < -0.4 is 10.6 Å². The minimum absolute atomic E-state index is 0.0618. The smallest absolute Gasteiger partial charge is 0.244 e. The van der Waals surface area contributed by atoms with E-state index >= 15 is 0 Å². The largest absolute Gasteiger partial charge is 0.372 e. The number of carbonyl (C=O) groups is 1. The standard InChI is InChI=1S/C8H10N4O.C2H6/c1-2-5-7-8(11-4-10-5)12-6(13)3-9-7;1-2/h4,9H,2-3H2,1H3,(H,10,11,12,13);1-2H3. The minimum atomic E-state index is -0.0618. The Labute approximate surface area is 89.3 Å². The molecule has 1 amide bonds. The van der Waals surface area contributed by atoms with Gasteiger partial charge in [-0.15, -0.1) is 0 Å². The van der Waals surface area contributed by atoms with E-state index in [1.165, 1.54) is 6.33 Å². The van der Waals surface area contributed by atoms with Crippen LogP contribution >= 0.6 is 0 Å². The number of fused-ring (bicyclic) bond motifs is 1. The van der Waals surface area contributed by atoms with Crippen molar-refractivity contribution in [2.75, 3.05) is 17.2 Å². The molecule has 1 aliphatic heterocycles. The molecule has 0 spiro atoms. The predicted molar refractivity (Wildman–Crippen MR) is 59.9 cm³/mol. The quantitative estimate of drug-likeness (QED) is 0.732. The monoisotopic (exact) mass is 208 g/mol. The second kappa shape index (κ2) is 5.29. The molecule has 0 fully saturated rings. The Kier molecular flexibility index (Phi) is 4.03. The van der Waals surface area contributed by atoms with E-state index in [0.717, 1.165) is 17.8 Å². The zero-order chi connectivity index (χ0) is 11.3. The van der Waals surface area contributed by atoms with Gasteiger partial charge in [-0.3, -0.25) is 4.79 Å². The van der Waals surface area contributed by atoms with Crippen LogP contribution in [0.4, 0.5) is 11.5 Å². The highest BCUT2D eigenvalue weighted by Crippen LogP contribution is 2.24. The zero-order valence-corrected chi connectivity index (χ0v) is 9.29. The van der Waals surface area contributed by atoms with Crippen LogP contribution in [0, 0.1) is 0 Å². The van der Waals surface area contributed by atoms with Crippen LogP contribution in [0.25, 0.3) is 0 Å². The lowest BCUT2D eigenvalue weighted by Crippen LogP contribution is -2.29. The van der Waals surface area contributed by atoms with E-state index in [4.69, 9.17) is 0 Å². The van der Waals surface area contributed by atoms with E-state index in [0.29, 0.717) is 12.4 Å². The molecule has 2 rings (SSSR count). The van der Waals surface area contributed by atoms with Gasteiger partial charge in [0.1, 0.15) is 6.33 Å². The number of hydrogen-bond acceptors (Lipinski definition) is 4. The summed E-state index contributed by atoms with van der Waals surface area (Å²) in [6.45, 7) is 6.31. The summed E-state index contributed by atoms with van der Waals surface area (Å²) in [4.78, 5) is 19.1. The number of rotatable bonds is 1. The topological polar surface area (TPSA) is 66.9 Å². The molecule has 2 heterocycles. The Morgan fingerprint density at radius 1 is 1.40 bits per heavy atom. The summed E-state index contributed by atoms with van der Waals surface area (Å²) in [5, 5.41) is 5.68. The van der Waals surface area contributed by atoms with Crippen LogP contribution in [0.3, 0.4) is 0 Å². The maximum absolute atomic E-state index is 11.0. The van der Waals surface area contributed by atoms with Gasteiger partial charge >= 0.3 is 0 Å². The highest BCUT2D eigenvalue weighted by Gasteiger charge is 2.17. The fraction of sp³-hybridized carbons (Fsp3) is 0.500. The molecule has 1 aromatic rings. The molecule has 0 aromatic carbocycles. The first-order valence-corrected chi connectivity index (χ1v) is 5.19. The van der Waals surface area contributed by atoms with Crippen molar-refractivity contribution in [2.24, 2.45) is 0 Å². The van der Waals surface area contributed by atoms with Gasteiger partial charge in [0.25, 0.3) is 0 Å². The van der Waals surface area contributed by atoms with Crippen LogP contribution in [0.15, 0.2) is 6.33 Å². The van der Waals surface area contributed by atoms with Crippen LogP contribution in [-0.4, -0.2) is 22.4 Å². The molecule has 0 aliphatic carbocycles. The highest BCUT2D eigenvalue weighted by molar-refractivity contribution is 5.99. The second-order valence-electron chi connectivity index (χ2n) is 2.80. The number of nitrogens with one attached hydrogen (secondary N) is 2. The number of nitrogens with zero attached hydrogens (tertiary/aromatic N) is 2. The molecule has 0 atom stereocenters. The zero-order valence-electron chi connectivity index (χ0n) is 9.29. The Bertz CT molecular complexity index is 351. The molecular weight excluding hydrogens is 192 g/mol. The van der Waals surface area contributed by atoms with E-state index in [1.807, 2.05) is 20.8 Å². The Balaban J connectivity index is 0.000000531. The first-order valence-electron chi connectivity index (χ1n) is 5.19. The predicted octanol–water partition coefficient (Wildman–Crippen LogP) is 1.43. The third-order valence-corrected chi connectivity index (χ3v) is 1.94. The Hall–Kier alpha value is -1.65. The van der Waals surface area contributed by atoms with Gasteiger partial charge in [-0.1, -0.05) is 20.8 Å². The van der Waals surface area contributed by atoms with Gasteiger partial charge in [-0.25, -0.2) is 9.97 Å². The lowest BCUT2D eigenvalue weighted by molar-refractivity contribution is -0.114. The summed E-state index contributed by atoms with van der Waals surface area (Å²) in [5.74, 6) is 0.524. The van der Waals surface area contributed by atoms with Crippen molar-refractivity contribution >= 4 is 17.4 Å². The van der Waals surface area contributed by atoms with Crippen molar-refractivity contribution in [1.82, 2.24) is 9.97 Å². The first kappa shape index (κ1) is 11.4. The third kappa shape index (κ3) is 2.43. The van der Waals surface area contributed by atoms with E-state index in [9.17, 15) is 4.79 Å². The summed E-state index contributed by atoms with van der Waals surface area (Å²) in [6, 6.07) is 0. The van der Waals surface area contributed by atoms with Gasteiger partial charge in [0.05, 0.1) is 17.9 Å². The normalized spacial score (nSPS) is 12.9. The molecular formula is C10H16N4O. The summed E-state index contributed by atoms with van der Waals surface area (Å²) in [6.07, 6.45) is 2.29. The van der Waals surface area contributed by atoms with Gasteiger partial charge in [-0.05, 0) is 6.42 Å². The third-order valence-electron chi connectivity index (χ3n) is 1.94. The van der Waals surface area contributed by atoms with Crippen molar-refractivity contribution in [3.05, 3.63) is 12.0 Å². The van der Waals surface area contributed by atoms with Crippen LogP contribution in [0.1, 0.15) is 26.5 Å². The second-order valence-corrected chi connectivity index (χ2v) is 2.80. The molecule has 0 bridgehead atoms. The van der Waals surface area contributed by atoms with Crippen molar-refractivity contribution in [3.63, 3.8) is 0 Å². The molecule has 0 unspecified atom stereocenters. The van der Waals surface area contributed by atoms with Crippen molar-refractivity contribution in [3.8, 4) is 0 Å². The van der Waals surface area contributed by atoms with Crippen molar-refractivity contribution in [2.45, 2.75) is 27.2 Å². The molecule has 82 valence electrons. The average molecular weight is 208 g/mol. The highest BCUT2D eigenvalue weighted by atomic mass is 16.2. The summed E-state index contributed by atoms with van der Waals surface area (Å²) in [5.41, 5.74) is 1.79. The van der Waals surface area contributed by atoms with Crippen molar-refractivity contribution in [1.29, 1.82) is 0 Å². The molecule has 1 aliphatic rings. The number of aromatic nitrogens is 2.